The van der Waals surface area contributed by atoms with E-state index in [-0.39, 0.29) is 0 Å². The van der Waals surface area contributed by atoms with E-state index < -0.39 is 5.72 Å². The molecule has 3 heteroatoms. The van der Waals surface area contributed by atoms with Gasteiger partial charge in [0.25, 0.3) is 0 Å². The van der Waals surface area contributed by atoms with Gasteiger partial charge in [-0.2, -0.15) is 10.2 Å². The van der Waals surface area contributed by atoms with Crippen molar-refractivity contribution in [2.75, 3.05) is 6.54 Å². The average Bonchev–Trinajstić information content (AvgIpc) is 2.40. The zero-order chi connectivity index (χ0) is 14.4. The Hall–Kier alpha value is -0.440. The van der Waals surface area contributed by atoms with Crippen LogP contribution in [0.5, 0.6) is 0 Å². The van der Waals surface area contributed by atoms with Crippen LogP contribution in [0, 0.1) is 0 Å². The molecule has 0 aliphatic heterocycles. The zero-order valence-electron chi connectivity index (χ0n) is 13.3. The normalized spacial score (nSPS) is 14.9. The van der Waals surface area contributed by atoms with Gasteiger partial charge >= 0.3 is 0 Å². The number of hydrogen-bond acceptors (Lipinski definition) is 3. The summed E-state index contributed by atoms with van der Waals surface area (Å²) in [5.41, 5.74) is -0.960. The predicted molar refractivity (Wildman–Crippen MR) is 82.5 cm³/mol. The summed E-state index contributed by atoms with van der Waals surface area (Å²) in [7, 11) is 0. The van der Waals surface area contributed by atoms with Crippen molar-refractivity contribution in [2.24, 2.45) is 10.2 Å². The second kappa shape index (κ2) is 12.6. The fourth-order valence-electron chi connectivity index (χ4n) is 1.94. The van der Waals surface area contributed by atoms with E-state index in [1.165, 1.54) is 57.8 Å². The molecule has 0 aliphatic carbocycles. The Bertz CT molecular complexity index is 215. The molecule has 1 unspecified atom stereocenters. The standard InChI is InChI=1S/C16H34N2O/c1-4-6-7-8-9-10-11-12-13-14-15-17-18-16(3,19)5-2/h19H,4-15H2,1-3H3/b18-17+. The first-order valence-electron chi connectivity index (χ1n) is 8.23. The minimum Gasteiger partial charge on any atom is -0.368 e. The van der Waals surface area contributed by atoms with Crippen molar-refractivity contribution in [2.45, 2.75) is 97.1 Å². The number of rotatable bonds is 13. The van der Waals surface area contributed by atoms with Crippen molar-refractivity contribution < 1.29 is 5.11 Å². The van der Waals surface area contributed by atoms with E-state index in [1.54, 1.807) is 6.92 Å². The maximum absolute atomic E-state index is 9.62. The van der Waals surface area contributed by atoms with Gasteiger partial charge in [0.1, 0.15) is 0 Å². The lowest BCUT2D eigenvalue weighted by atomic mass is 10.1. The Morgan fingerprint density at radius 3 is 1.74 bits per heavy atom. The van der Waals surface area contributed by atoms with E-state index in [4.69, 9.17) is 0 Å². The van der Waals surface area contributed by atoms with Gasteiger partial charge in [0, 0.05) is 0 Å². The Kier molecular flexibility index (Phi) is 12.3. The number of azo groups is 1. The van der Waals surface area contributed by atoms with Crippen LogP contribution < -0.4 is 0 Å². The van der Waals surface area contributed by atoms with Crippen LogP contribution in [-0.4, -0.2) is 17.4 Å². The lowest BCUT2D eigenvalue weighted by Crippen LogP contribution is -2.18. The molecule has 3 nitrogen and oxygen atoms in total. The van der Waals surface area contributed by atoms with Crippen molar-refractivity contribution in [3.63, 3.8) is 0 Å². The summed E-state index contributed by atoms with van der Waals surface area (Å²) in [6.45, 7) is 6.64. The van der Waals surface area contributed by atoms with E-state index in [2.05, 4.69) is 17.2 Å². The van der Waals surface area contributed by atoms with E-state index >= 15 is 0 Å². The molecule has 0 bridgehead atoms. The second-order valence-electron chi connectivity index (χ2n) is 5.72. The highest BCUT2D eigenvalue weighted by molar-refractivity contribution is 4.63. The van der Waals surface area contributed by atoms with Crippen LogP contribution in [0.4, 0.5) is 0 Å². The molecule has 0 aromatic rings. The molecule has 114 valence electrons. The minimum atomic E-state index is -0.960. The Labute approximate surface area is 119 Å². The van der Waals surface area contributed by atoms with Crippen LogP contribution in [0.15, 0.2) is 10.2 Å². The molecule has 1 N–H and O–H groups in total. The highest BCUT2D eigenvalue weighted by Gasteiger charge is 2.14. The van der Waals surface area contributed by atoms with Crippen LogP contribution in [0.1, 0.15) is 91.4 Å². The van der Waals surface area contributed by atoms with Gasteiger partial charge in [0.15, 0.2) is 5.72 Å². The average molecular weight is 270 g/mol. The summed E-state index contributed by atoms with van der Waals surface area (Å²) in [5, 5.41) is 17.6. The Morgan fingerprint density at radius 2 is 1.26 bits per heavy atom. The molecule has 0 saturated carbocycles. The highest BCUT2D eigenvalue weighted by atomic mass is 16.3. The van der Waals surface area contributed by atoms with Crippen LogP contribution >= 0.6 is 0 Å². The first-order chi connectivity index (χ1) is 9.12. The van der Waals surface area contributed by atoms with Gasteiger partial charge in [-0.15, -0.1) is 0 Å². The SMILES string of the molecule is CCCCCCCCCCCC/N=N/C(C)(O)CC. The van der Waals surface area contributed by atoms with Gasteiger partial charge in [0.2, 0.25) is 0 Å². The first-order valence-corrected chi connectivity index (χ1v) is 8.23. The second-order valence-corrected chi connectivity index (χ2v) is 5.72. The molecular weight excluding hydrogens is 236 g/mol. The number of hydrogen-bond donors (Lipinski definition) is 1. The van der Waals surface area contributed by atoms with Crippen molar-refractivity contribution >= 4 is 0 Å². The van der Waals surface area contributed by atoms with Gasteiger partial charge in [-0.05, 0) is 19.8 Å². The third kappa shape index (κ3) is 13.8. The number of nitrogens with zero attached hydrogens (tertiary/aromatic N) is 2. The highest BCUT2D eigenvalue weighted by Crippen LogP contribution is 2.12. The summed E-state index contributed by atoms with van der Waals surface area (Å²) in [6.07, 6.45) is 14.0. The Morgan fingerprint density at radius 1 is 0.789 bits per heavy atom. The molecular formula is C16H34N2O. The number of aliphatic hydroxyl groups is 1. The quantitative estimate of drug-likeness (QED) is 0.349. The summed E-state index contributed by atoms with van der Waals surface area (Å²) >= 11 is 0. The van der Waals surface area contributed by atoms with Crippen molar-refractivity contribution in [3.05, 3.63) is 0 Å². The third-order valence-electron chi connectivity index (χ3n) is 3.57. The lowest BCUT2D eigenvalue weighted by molar-refractivity contribution is 0.0571. The third-order valence-corrected chi connectivity index (χ3v) is 3.57. The molecule has 0 spiro atoms. The summed E-state index contributed by atoms with van der Waals surface area (Å²) in [5.74, 6) is 0. The Balaban J connectivity index is 3.19. The largest absolute Gasteiger partial charge is 0.368 e. The van der Waals surface area contributed by atoms with Gasteiger partial charge in [-0.3, -0.25) is 0 Å². The van der Waals surface area contributed by atoms with Crippen LogP contribution in [-0.2, 0) is 0 Å². The van der Waals surface area contributed by atoms with Crippen LogP contribution in [0.3, 0.4) is 0 Å². The van der Waals surface area contributed by atoms with Crippen molar-refractivity contribution in [1.82, 2.24) is 0 Å². The molecule has 0 aliphatic rings. The van der Waals surface area contributed by atoms with E-state index in [9.17, 15) is 5.11 Å². The number of unbranched alkanes of at least 4 members (excludes halogenated alkanes) is 9. The topological polar surface area (TPSA) is 45.0 Å². The van der Waals surface area contributed by atoms with Gasteiger partial charge in [-0.25, -0.2) is 0 Å². The fourth-order valence-corrected chi connectivity index (χ4v) is 1.94. The van der Waals surface area contributed by atoms with Crippen LogP contribution in [0.2, 0.25) is 0 Å². The molecule has 19 heavy (non-hydrogen) atoms. The van der Waals surface area contributed by atoms with Crippen molar-refractivity contribution in [3.8, 4) is 0 Å². The zero-order valence-corrected chi connectivity index (χ0v) is 13.3. The van der Waals surface area contributed by atoms with Gasteiger partial charge < -0.3 is 5.11 Å². The maximum Gasteiger partial charge on any atom is 0.172 e. The summed E-state index contributed by atoms with van der Waals surface area (Å²) in [4.78, 5) is 0. The molecule has 0 aromatic carbocycles. The molecule has 0 amide bonds. The van der Waals surface area contributed by atoms with Crippen LogP contribution in [0.25, 0.3) is 0 Å². The summed E-state index contributed by atoms with van der Waals surface area (Å²) in [6, 6.07) is 0. The first kappa shape index (κ1) is 18.6. The minimum absolute atomic E-state index is 0.620. The van der Waals surface area contributed by atoms with Gasteiger partial charge in [-0.1, -0.05) is 71.6 Å². The van der Waals surface area contributed by atoms with Crippen molar-refractivity contribution in [1.29, 1.82) is 0 Å². The maximum atomic E-state index is 9.62. The van der Waals surface area contributed by atoms with E-state index in [1.807, 2.05) is 6.92 Å². The molecule has 0 heterocycles. The molecule has 0 fully saturated rings. The lowest BCUT2D eigenvalue weighted by Gasteiger charge is -2.12. The van der Waals surface area contributed by atoms with E-state index in [0.717, 1.165) is 13.0 Å². The monoisotopic (exact) mass is 270 g/mol. The predicted octanol–water partition coefficient (Wildman–Crippen LogP) is 5.48. The van der Waals surface area contributed by atoms with Gasteiger partial charge in [0.05, 0.1) is 6.54 Å². The fraction of sp³-hybridized carbons (Fsp3) is 1.00. The van der Waals surface area contributed by atoms with E-state index in [0.29, 0.717) is 6.42 Å². The molecule has 0 saturated heterocycles. The molecule has 0 radical (unpaired) electrons. The molecule has 0 rings (SSSR count). The molecule has 0 aromatic heterocycles. The smallest absolute Gasteiger partial charge is 0.172 e. The molecule has 1 atom stereocenters. The summed E-state index contributed by atoms with van der Waals surface area (Å²) < 4.78 is 0.